The van der Waals surface area contributed by atoms with E-state index in [0.717, 1.165) is 25.2 Å². The largest absolute Gasteiger partial charge is 0.314 e. The molecule has 0 spiro atoms. The fourth-order valence-electron chi connectivity index (χ4n) is 1.89. The Kier molecular flexibility index (Phi) is 2.54. The fourth-order valence-corrected chi connectivity index (χ4v) is 1.89. The highest BCUT2D eigenvalue weighted by Crippen LogP contribution is 2.23. The molecule has 1 aliphatic rings. The molecule has 1 aromatic rings. The van der Waals surface area contributed by atoms with E-state index in [1.807, 2.05) is 18.5 Å². The predicted octanol–water partition coefficient (Wildman–Crippen LogP) is 1.33. The van der Waals surface area contributed by atoms with Gasteiger partial charge in [-0.15, -0.1) is 0 Å². The van der Waals surface area contributed by atoms with Crippen LogP contribution in [-0.4, -0.2) is 22.6 Å². The van der Waals surface area contributed by atoms with Crippen LogP contribution in [0.1, 0.15) is 31.5 Å². The quantitative estimate of drug-likeness (QED) is 0.703. The zero-order chi connectivity index (χ0) is 9.10. The van der Waals surface area contributed by atoms with Crippen molar-refractivity contribution in [3.63, 3.8) is 0 Å². The zero-order valence-corrected chi connectivity index (χ0v) is 7.90. The van der Waals surface area contributed by atoms with Gasteiger partial charge in [0.15, 0.2) is 0 Å². The van der Waals surface area contributed by atoms with Gasteiger partial charge in [0.25, 0.3) is 0 Å². The second-order valence-electron chi connectivity index (χ2n) is 3.68. The summed E-state index contributed by atoms with van der Waals surface area (Å²) >= 11 is 0. The van der Waals surface area contributed by atoms with Crippen LogP contribution >= 0.6 is 0 Å². The Hall–Kier alpha value is -0.960. The van der Waals surface area contributed by atoms with Gasteiger partial charge < -0.3 is 5.32 Å². The maximum absolute atomic E-state index is 4.30. The monoisotopic (exact) mass is 177 g/mol. The van der Waals surface area contributed by atoms with E-state index in [0.29, 0.717) is 12.0 Å². The van der Waals surface area contributed by atoms with Gasteiger partial charge in [-0.25, -0.2) is 9.97 Å². The van der Waals surface area contributed by atoms with Gasteiger partial charge in [0.05, 0.1) is 0 Å². The maximum atomic E-state index is 4.30. The molecule has 3 nitrogen and oxygen atoms in total. The summed E-state index contributed by atoms with van der Waals surface area (Å²) in [6.45, 7) is 3.30. The highest BCUT2D eigenvalue weighted by Gasteiger charge is 2.21. The van der Waals surface area contributed by atoms with Crippen LogP contribution in [0.15, 0.2) is 18.5 Å². The Morgan fingerprint density at radius 1 is 1.38 bits per heavy atom. The average Bonchev–Trinajstić information content (AvgIpc) is 2.19. The smallest absolute Gasteiger partial charge is 0.131 e. The number of piperidine rings is 1. The summed E-state index contributed by atoms with van der Waals surface area (Å²) in [5.74, 6) is 1.56. The minimum absolute atomic E-state index is 0.553. The number of hydrogen-bond donors (Lipinski definition) is 1. The van der Waals surface area contributed by atoms with Crippen molar-refractivity contribution in [1.29, 1.82) is 0 Å². The molecule has 1 aromatic heterocycles. The molecule has 0 aromatic carbocycles. The van der Waals surface area contributed by atoms with E-state index in [9.17, 15) is 0 Å². The van der Waals surface area contributed by atoms with Crippen LogP contribution < -0.4 is 5.32 Å². The minimum Gasteiger partial charge on any atom is -0.314 e. The molecule has 1 N–H and O–H groups in total. The van der Waals surface area contributed by atoms with Crippen LogP contribution in [-0.2, 0) is 0 Å². The Morgan fingerprint density at radius 2 is 2.15 bits per heavy atom. The molecule has 2 unspecified atom stereocenters. The van der Waals surface area contributed by atoms with Gasteiger partial charge in [-0.2, -0.15) is 0 Å². The summed E-state index contributed by atoms with van der Waals surface area (Å²) in [7, 11) is 0. The lowest BCUT2D eigenvalue weighted by atomic mass is 9.92. The van der Waals surface area contributed by atoms with E-state index < -0.39 is 0 Å². The molecule has 0 aliphatic carbocycles. The number of aromatic nitrogens is 2. The van der Waals surface area contributed by atoms with Crippen molar-refractivity contribution in [3.8, 4) is 0 Å². The summed E-state index contributed by atoms with van der Waals surface area (Å²) in [4.78, 5) is 8.60. The summed E-state index contributed by atoms with van der Waals surface area (Å²) in [6.07, 6.45) is 5.97. The van der Waals surface area contributed by atoms with Crippen LogP contribution in [0.25, 0.3) is 0 Å². The van der Waals surface area contributed by atoms with Crippen LogP contribution in [0.4, 0.5) is 0 Å². The number of rotatable bonds is 1. The number of nitrogens with zero attached hydrogens (tertiary/aromatic N) is 2. The molecule has 2 rings (SSSR count). The first-order valence-electron chi connectivity index (χ1n) is 4.86. The third kappa shape index (κ3) is 2.04. The molecule has 3 heteroatoms. The molecule has 0 bridgehead atoms. The number of hydrogen-bond acceptors (Lipinski definition) is 3. The molecular formula is C10H15N3. The molecule has 70 valence electrons. The van der Waals surface area contributed by atoms with Crippen molar-refractivity contribution in [2.75, 3.05) is 6.54 Å². The Balaban J connectivity index is 2.08. The van der Waals surface area contributed by atoms with E-state index in [1.165, 1.54) is 0 Å². The van der Waals surface area contributed by atoms with Crippen molar-refractivity contribution in [1.82, 2.24) is 15.3 Å². The summed E-state index contributed by atoms with van der Waals surface area (Å²) in [6, 6.07) is 2.47. The molecule has 0 radical (unpaired) electrons. The average molecular weight is 177 g/mol. The van der Waals surface area contributed by atoms with Crippen molar-refractivity contribution in [3.05, 3.63) is 24.3 Å². The Labute approximate surface area is 78.6 Å². The first-order chi connectivity index (χ1) is 6.36. The van der Waals surface area contributed by atoms with Gasteiger partial charge in [0, 0.05) is 24.4 Å². The van der Waals surface area contributed by atoms with Crippen LogP contribution in [0.2, 0.25) is 0 Å². The Morgan fingerprint density at radius 3 is 2.85 bits per heavy atom. The summed E-state index contributed by atoms with van der Waals surface area (Å²) < 4.78 is 0. The molecule has 1 saturated heterocycles. The normalized spacial score (nSPS) is 28.7. The van der Waals surface area contributed by atoms with Crippen molar-refractivity contribution in [2.45, 2.75) is 31.7 Å². The molecule has 1 fully saturated rings. The van der Waals surface area contributed by atoms with Gasteiger partial charge in [-0.3, -0.25) is 0 Å². The first-order valence-corrected chi connectivity index (χ1v) is 4.86. The van der Waals surface area contributed by atoms with Gasteiger partial charge in [0.2, 0.25) is 0 Å². The highest BCUT2D eigenvalue weighted by molar-refractivity contribution is 5.00. The van der Waals surface area contributed by atoms with Crippen molar-refractivity contribution < 1.29 is 0 Å². The van der Waals surface area contributed by atoms with Crippen molar-refractivity contribution >= 4 is 0 Å². The summed E-state index contributed by atoms with van der Waals surface area (Å²) in [5, 5.41) is 3.43. The molecular weight excluding hydrogens is 162 g/mol. The van der Waals surface area contributed by atoms with Crippen LogP contribution in [0, 0.1) is 0 Å². The zero-order valence-electron chi connectivity index (χ0n) is 7.90. The number of nitrogens with one attached hydrogen (secondary N) is 1. The molecule has 0 saturated carbocycles. The highest BCUT2D eigenvalue weighted by atomic mass is 14.9. The van der Waals surface area contributed by atoms with E-state index in [2.05, 4.69) is 22.2 Å². The lowest BCUT2D eigenvalue weighted by Crippen LogP contribution is -2.35. The standard InChI is InChI=1S/C10H15N3/c1-8-7-9(3-6-11-8)10-12-4-2-5-13-10/h2,4-5,8-9,11H,3,6-7H2,1H3. The second kappa shape index (κ2) is 3.83. The van der Waals surface area contributed by atoms with Gasteiger partial charge in [-0.05, 0) is 32.4 Å². The van der Waals surface area contributed by atoms with Gasteiger partial charge >= 0.3 is 0 Å². The molecule has 2 atom stereocenters. The third-order valence-electron chi connectivity index (χ3n) is 2.57. The van der Waals surface area contributed by atoms with E-state index in [4.69, 9.17) is 0 Å². The first kappa shape index (κ1) is 8.63. The van der Waals surface area contributed by atoms with Crippen LogP contribution in [0.3, 0.4) is 0 Å². The molecule has 0 amide bonds. The van der Waals surface area contributed by atoms with Crippen LogP contribution in [0.5, 0.6) is 0 Å². The molecule has 1 aliphatic heterocycles. The van der Waals surface area contributed by atoms with Gasteiger partial charge in [-0.1, -0.05) is 0 Å². The predicted molar refractivity (Wildman–Crippen MR) is 51.5 cm³/mol. The van der Waals surface area contributed by atoms with E-state index in [-0.39, 0.29) is 0 Å². The van der Waals surface area contributed by atoms with E-state index >= 15 is 0 Å². The topological polar surface area (TPSA) is 37.8 Å². The van der Waals surface area contributed by atoms with E-state index in [1.54, 1.807) is 0 Å². The SMILES string of the molecule is CC1CC(c2ncccn2)CCN1. The molecule has 13 heavy (non-hydrogen) atoms. The summed E-state index contributed by atoms with van der Waals surface area (Å²) in [5.41, 5.74) is 0. The lowest BCUT2D eigenvalue weighted by molar-refractivity contribution is 0.371. The fraction of sp³-hybridized carbons (Fsp3) is 0.600. The molecule has 2 heterocycles. The van der Waals surface area contributed by atoms with Gasteiger partial charge in [0.1, 0.15) is 5.82 Å². The Bertz CT molecular complexity index is 260. The maximum Gasteiger partial charge on any atom is 0.131 e. The second-order valence-corrected chi connectivity index (χ2v) is 3.68. The minimum atomic E-state index is 0.553. The third-order valence-corrected chi connectivity index (χ3v) is 2.57. The lowest BCUT2D eigenvalue weighted by Gasteiger charge is -2.26. The van der Waals surface area contributed by atoms with Crippen molar-refractivity contribution in [2.24, 2.45) is 0 Å².